The van der Waals surface area contributed by atoms with E-state index in [0.29, 0.717) is 37.3 Å². The first-order valence-corrected chi connectivity index (χ1v) is 11.3. The molecule has 0 unspecified atom stereocenters. The van der Waals surface area contributed by atoms with Crippen LogP contribution in [0.2, 0.25) is 0 Å². The van der Waals surface area contributed by atoms with Crippen molar-refractivity contribution in [2.75, 3.05) is 13.1 Å². The SMILES string of the molecule is O=S(=O)(c1cccc2cccnc12)N1CCC(Oc2cnc3ccccc3n2)CC1. The maximum Gasteiger partial charge on any atom is 0.245 e. The fourth-order valence-electron chi connectivity index (χ4n) is 3.78. The van der Waals surface area contributed by atoms with E-state index in [1.807, 2.05) is 36.4 Å². The van der Waals surface area contributed by atoms with Crippen LogP contribution in [0.15, 0.2) is 71.9 Å². The summed E-state index contributed by atoms with van der Waals surface area (Å²) < 4.78 is 34.0. The van der Waals surface area contributed by atoms with Crippen molar-refractivity contribution in [3.8, 4) is 5.88 Å². The molecule has 152 valence electrons. The van der Waals surface area contributed by atoms with Gasteiger partial charge in [0.15, 0.2) is 0 Å². The summed E-state index contributed by atoms with van der Waals surface area (Å²) in [7, 11) is -3.63. The van der Waals surface area contributed by atoms with Gasteiger partial charge in [-0.05, 0) is 37.1 Å². The van der Waals surface area contributed by atoms with Crippen LogP contribution >= 0.6 is 0 Å². The number of benzene rings is 2. The van der Waals surface area contributed by atoms with Gasteiger partial charge >= 0.3 is 0 Å². The number of hydrogen-bond donors (Lipinski definition) is 0. The molecule has 1 aliphatic rings. The highest BCUT2D eigenvalue weighted by Gasteiger charge is 2.31. The summed E-state index contributed by atoms with van der Waals surface area (Å²) >= 11 is 0. The van der Waals surface area contributed by atoms with Crippen LogP contribution in [0.1, 0.15) is 12.8 Å². The Balaban J connectivity index is 1.31. The molecule has 0 aliphatic carbocycles. The Morgan fingerprint density at radius 2 is 1.67 bits per heavy atom. The first kappa shape index (κ1) is 18.9. The first-order chi connectivity index (χ1) is 14.6. The number of hydrogen-bond acceptors (Lipinski definition) is 6. The molecule has 1 saturated heterocycles. The van der Waals surface area contributed by atoms with Crippen LogP contribution in [0, 0.1) is 0 Å². The molecule has 0 N–H and O–H groups in total. The molecule has 1 fully saturated rings. The molecule has 1 aliphatic heterocycles. The second kappa shape index (κ2) is 7.62. The van der Waals surface area contributed by atoms with Crippen molar-refractivity contribution in [1.29, 1.82) is 0 Å². The Morgan fingerprint density at radius 3 is 2.50 bits per heavy atom. The molecule has 8 heteroatoms. The van der Waals surface area contributed by atoms with Gasteiger partial charge in [0.05, 0.1) is 22.7 Å². The van der Waals surface area contributed by atoms with Crippen molar-refractivity contribution in [2.24, 2.45) is 0 Å². The zero-order valence-corrected chi connectivity index (χ0v) is 17.0. The van der Waals surface area contributed by atoms with E-state index in [1.165, 1.54) is 4.31 Å². The predicted octanol–water partition coefficient (Wildman–Crippen LogP) is 3.41. The Labute approximate surface area is 174 Å². The number of aromatic nitrogens is 3. The quantitative estimate of drug-likeness (QED) is 0.503. The number of para-hydroxylation sites is 3. The standard InChI is InChI=1S/C22H20N4O3S/c27-30(28,20-9-3-5-16-6-4-12-23-22(16)20)26-13-10-17(11-14-26)29-21-15-24-18-7-1-2-8-19(18)25-21/h1-9,12,15,17H,10-11,13-14H2. The van der Waals surface area contributed by atoms with Gasteiger partial charge in [-0.3, -0.25) is 4.98 Å². The maximum atomic E-state index is 13.2. The van der Waals surface area contributed by atoms with Gasteiger partial charge in [0.25, 0.3) is 0 Å². The Morgan fingerprint density at radius 1 is 0.900 bits per heavy atom. The molecule has 0 atom stereocenters. The van der Waals surface area contributed by atoms with E-state index in [9.17, 15) is 8.42 Å². The van der Waals surface area contributed by atoms with Crippen LogP contribution in [-0.4, -0.2) is 46.9 Å². The molecular formula is C22H20N4O3S. The average molecular weight is 420 g/mol. The molecule has 0 saturated carbocycles. The summed E-state index contributed by atoms with van der Waals surface area (Å²) in [4.78, 5) is 13.4. The summed E-state index contributed by atoms with van der Waals surface area (Å²) in [5.74, 6) is 0.466. The molecule has 4 aromatic rings. The molecule has 0 radical (unpaired) electrons. The molecule has 0 amide bonds. The Hall–Kier alpha value is -3.10. The summed E-state index contributed by atoms with van der Waals surface area (Å²) in [6, 6.07) is 16.5. The lowest BCUT2D eigenvalue weighted by Crippen LogP contribution is -2.41. The monoisotopic (exact) mass is 420 g/mol. The molecular weight excluding hydrogens is 400 g/mol. The Bertz CT molecular complexity index is 1310. The van der Waals surface area contributed by atoms with Crippen molar-refractivity contribution in [2.45, 2.75) is 23.8 Å². The smallest absolute Gasteiger partial charge is 0.245 e. The number of fused-ring (bicyclic) bond motifs is 2. The van der Waals surface area contributed by atoms with Crippen molar-refractivity contribution >= 4 is 32.0 Å². The highest BCUT2D eigenvalue weighted by molar-refractivity contribution is 7.89. The van der Waals surface area contributed by atoms with Crippen molar-refractivity contribution in [3.63, 3.8) is 0 Å². The summed E-state index contributed by atoms with van der Waals surface area (Å²) in [6.07, 6.45) is 4.31. The van der Waals surface area contributed by atoms with E-state index in [1.54, 1.807) is 30.6 Å². The second-order valence-electron chi connectivity index (χ2n) is 7.25. The van der Waals surface area contributed by atoms with E-state index in [0.717, 1.165) is 16.4 Å². The van der Waals surface area contributed by atoms with Gasteiger partial charge in [-0.1, -0.05) is 30.3 Å². The van der Waals surface area contributed by atoms with Gasteiger partial charge in [-0.15, -0.1) is 0 Å². The lowest BCUT2D eigenvalue weighted by molar-refractivity contribution is 0.130. The first-order valence-electron chi connectivity index (χ1n) is 9.84. The average Bonchev–Trinajstić information content (AvgIpc) is 2.79. The molecule has 30 heavy (non-hydrogen) atoms. The minimum atomic E-state index is -3.63. The highest BCUT2D eigenvalue weighted by Crippen LogP contribution is 2.27. The van der Waals surface area contributed by atoms with Crippen LogP contribution in [0.5, 0.6) is 5.88 Å². The lowest BCUT2D eigenvalue weighted by atomic mass is 10.1. The second-order valence-corrected chi connectivity index (χ2v) is 9.16. The number of sulfonamides is 1. The molecule has 2 aromatic heterocycles. The summed E-state index contributed by atoms with van der Waals surface area (Å²) in [5, 5.41) is 0.812. The van der Waals surface area contributed by atoms with Crippen molar-refractivity contribution in [1.82, 2.24) is 19.3 Å². The molecule has 3 heterocycles. The zero-order valence-electron chi connectivity index (χ0n) is 16.2. The summed E-state index contributed by atoms with van der Waals surface area (Å²) in [6.45, 7) is 0.772. The fourth-order valence-corrected chi connectivity index (χ4v) is 5.42. The van der Waals surface area contributed by atoms with Gasteiger partial charge in [0.2, 0.25) is 15.9 Å². The normalized spacial score (nSPS) is 16.1. The van der Waals surface area contributed by atoms with Gasteiger partial charge in [0.1, 0.15) is 11.0 Å². The van der Waals surface area contributed by atoms with E-state index >= 15 is 0 Å². The molecule has 0 spiro atoms. The molecule has 2 aromatic carbocycles. The fraction of sp³-hybridized carbons (Fsp3) is 0.227. The number of pyridine rings is 1. The van der Waals surface area contributed by atoms with Crippen LogP contribution < -0.4 is 4.74 Å². The van der Waals surface area contributed by atoms with Gasteiger partial charge in [-0.2, -0.15) is 4.31 Å². The van der Waals surface area contributed by atoms with Crippen LogP contribution in [-0.2, 0) is 10.0 Å². The third kappa shape index (κ3) is 3.48. The lowest BCUT2D eigenvalue weighted by Gasteiger charge is -2.31. The van der Waals surface area contributed by atoms with Gasteiger partial charge < -0.3 is 4.74 Å². The van der Waals surface area contributed by atoms with Gasteiger partial charge in [0, 0.05) is 24.7 Å². The van der Waals surface area contributed by atoms with Crippen LogP contribution in [0.4, 0.5) is 0 Å². The van der Waals surface area contributed by atoms with E-state index in [-0.39, 0.29) is 11.0 Å². The van der Waals surface area contributed by atoms with Crippen molar-refractivity contribution < 1.29 is 13.2 Å². The minimum Gasteiger partial charge on any atom is -0.473 e. The van der Waals surface area contributed by atoms with Crippen molar-refractivity contribution in [3.05, 3.63) is 67.0 Å². The number of rotatable bonds is 4. The molecule has 7 nitrogen and oxygen atoms in total. The third-order valence-corrected chi connectivity index (χ3v) is 7.26. The van der Waals surface area contributed by atoms with E-state index < -0.39 is 10.0 Å². The predicted molar refractivity (Wildman–Crippen MR) is 114 cm³/mol. The summed E-state index contributed by atoms with van der Waals surface area (Å²) in [5.41, 5.74) is 2.10. The number of nitrogens with zero attached hydrogens (tertiary/aromatic N) is 4. The van der Waals surface area contributed by atoms with Gasteiger partial charge in [-0.25, -0.2) is 18.4 Å². The van der Waals surface area contributed by atoms with E-state index in [4.69, 9.17) is 4.74 Å². The molecule has 0 bridgehead atoms. The Kier molecular flexibility index (Phi) is 4.80. The topological polar surface area (TPSA) is 85.3 Å². The van der Waals surface area contributed by atoms with Crippen LogP contribution in [0.25, 0.3) is 21.9 Å². The maximum absolute atomic E-state index is 13.2. The number of ether oxygens (including phenoxy) is 1. The minimum absolute atomic E-state index is 0.0995. The largest absolute Gasteiger partial charge is 0.473 e. The van der Waals surface area contributed by atoms with Crippen LogP contribution in [0.3, 0.4) is 0 Å². The third-order valence-electron chi connectivity index (χ3n) is 5.33. The molecule has 5 rings (SSSR count). The number of piperidine rings is 1. The van der Waals surface area contributed by atoms with E-state index in [2.05, 4.69) is 15.0 Å². The highest BCUT2D eigenvalue weighted by atomic mass is 32.2. The zero-order chi connectivity index (χ0) is 20.6.